The van der Waals surface area contributed by atoms with Crippen LogP contribution in [0.15, 0.2) is 64.4 Å². The van der Waals surface area contributed by atoms with E-state index in [2.05, 4.69) is 5.32 Å². The Morgan fingerprint density at radius 3 is 2.31 bits per heavy atom. The molecule has 8 nitrogen and oxygen atoms in total. The quantitative estimate of drug-likeness (QED) is 0.539. The molecule has 1 aliphatic heterocycles. The van der Waals surface area contributed by atoms with Crippen molar-refractivity contribution in [2.45, 2.75) is 37.8 Å². The van der Waals surface area contributed by atoms with Crippen LogP contribution in [0.3, 0.4) is 0 Å². The van der Waals surface area contributed by atoms with Gasteiger partial charge in [0.15, 0.2) is 0 Å². The van der Waals surface area contributed by atoms with Crippen LogP contribution in [0, 0.1) is 5.82 Å². The highest BCUT2D eigenvalue weighted by Gasteiger charge is 2.31. The fourth-order valence-electron chi connectivity index (χ4n) is 4.23. The first-order chi connectivity index (χ1) is 16.7. The molecule has 3 aromatic rings. The number of aromatic nitrogens is 1. The molecule has 2 heterocycles. The van der Waals surface area contributed by atoms with E-state index < -0.39 is 15.6 Å². The molecule has 1 aliphatic rings. The third-order valence-electron chi connectivity index (χ3n) is 6.34. The molecule has 0 bridgehead atoms. The second kappa shape index (κ2) is 10.2. The van der Waals surface area contributed by atoms with Crippen molar-refractivity contribution in [3.05, 3.63) is 70.9 Å². The summed E-state index contributed by atoms with van der Waals surface area (Å²) in [6, 6.07) is 12.9. The number of pyridine rings is 1. The van der Waals surface area contributed by atoms with Gasteiger partial charge in [0.05, 0.1) is 5.69 Å². The molecule has 186 valence electrons. The Morgan fingerprint density at radius 2 is 1.66 bits per heavy atom. The van der Waals surface area contributed by atoms with Crippen LogP contribution in [0.5, 0.6) is 0 Å². The minimum atomic E-state index is -3.99. The standard InChI is InChI=1S/C25H29FN4O4S/c1-3-18(2)27-24(31)17-29-16-23(19-8-4-5-9-20(19)25(29)32)35(33,34)30-14-12-28(13-15-30)22-11-7-6-10-21(22)26/h4-11,16,18H,3,12-15,17H2,1-2H3,(H,27,31)/t18-/m0/s1. The number of nitrogens with zero attached hydrogens (tertiary/aromatic N) is 3. The molecule has 0 saturated carbocycles. The van der Waals surface area contributed by atoms with Gasteiger partial charge >= 0.3 is 0 Å². The minimum absolute atomic E-state index is 0.0246. The van der Waals surface area contributed by atoms with Crippen LogP contribution in [0.1, 0.15) is 20.3 Å². The summed E-state index contributed by atoms with van der Waals surface area (Å²) in [5.74, 6) is -0.712. The Hall–Kier alpha value is -3.24. The summed E-state index contributed by atoms with van der Waals surface area (Å²) in [5, 5.41) is 3.35. The van der Waals surface area contributed by atoms with E-state index >= 15 is 0 Å². The Labute approximate surface area is 204 Å². The van der Waals surface area contributed by atoms with Crippen LogP contribution in [-0.2, 0) is 21.4 Å². The lowest BCUT2D eigenvalue weighted by Crippen LogP contribution is -2.49. The van der Waals surface area contributed by atoms with Crippen LogP contribution >= 0.6 is 0 Å². The molecule has 0 unspecified atom stereocenters. The average Bonchev–Trinajstić information content (AvgIpc) is 2.86. The maximum atomic E-state index is 14.2. The molecule has 1 amide bonds. The molecule has 2 aromatic carbocycles. The van der Waals surface area contributed by atoms with Gasteiger partial charge in [-0.2, -0.15) is 4.31 Å². The molecule has 4 rings (SSSR count). The van der Waals surface area contributed by atoms with Crippen molar-refractivity contribution < 1.29 is 17.6 Å². The fraction of sp³-hybridized carbons (Fsp3) is 0.360. The van der Waals surface area contributed by atoms with E-state index in [0.29, 0.717) is 24.2 Å². The van der Waals surface area contributed by atoms with Crippen molar-refractivity contribution >= 4 is 32.4 Å². The Bertz CT molecular complexity index is 1400. The van der Waals surface area contributed by atoms with Crippen molar-refractivity contribution in [3.8, 4) is 0 Å². The molecule has 1 N–H and O–H groups in total. The number of halogens is 1. The highest BCUT2D eigenvalue weighted by Crippen LogP contribution is 2.26. The van der Waals surface area contributed by atoms with E-state index in [1.54, 1.807) is 42.5 Å². The molecule has 1 atom stereocenters. The van der Waals surface area contributed by atoms with Crippen molar-refractivity contribution in [2.24, 2.45) is 0 Å². The molecule has 1 saturated heterocycles. The third kappa shape index (κ3) is 5.08. The lowest BCUT2D eigenvalue weighted by atomic mass is 10.2. The molecule has 1 aromatic heterocycles. The Balaban J connectivity index is 1.65. The molecular formula is C25H29FN4O4S. The number of hydrogen-bond acceptors (Lipinski definition) is 5. The number of para-hydroxylation sites is 1. The number of carbonyl (C=O) groups is 1. The third-order valence-corrected chi connectivity index (χ3v) is 8.27. The topological polar surface area (TPSA) is 91.7 Å². The monoisotopic (exact) mass is 500 g/mol. The van der Waals surface area contributed by atoms with Gasteiger partial charge in [-0.25, -0.2) is 12.8 Å². The first-order valence-corrected chi connectivity index (χ1v) is 13.1. The molecule has 35 heavy (non-hydrogen) atoms. The number of sulfonamides is 1. The molecule has 10 heteroatoms. The SMILES string of the molecule is CC[C@H](C)NC(=O)Cn1cc(S(=O)(=O)N2CCN(c3ccccc3F)CC2)c2ccccc2c1=O. The largest absolute Gasteiger partial charge is 0.367 e. The van der Waals surface area contributed by atoms with Gasteiger partial charge < -0.3 is 14.8 Å². The van der Waals surface area contributed by atoms with Crippen molar-refractivity contribution in [1.82, 2.24) is 14.2 Å². The van der Waals surface area contributed by atoms with Crippen molar-refractivity contribution in [2.75, 3.05) is 31.1 Å². The number of hydrogen-bond donors (Lipinski definition) is 1. The van der Waals surface area contributed by atoms with E-state index in [0.717, 1.165) is 11.0 Å². The predicted octanol–water partition coefficient (Wildman–Crippen LogP) is 2.57. The van der Waals surface area contributed by atoms with E-state index in [9.17, 15) is 22.4 Å². The second-order valence-corrected chi connectivity index (χ2v) is 10.6. The highest BCUT2D eigenvalue weighted by atomic mass is 32.2. The fourth-order valence-corrected chi connectivity index (χ4v) is 5.86. The summed E-state index contributed by atoms with van der Waals surface area (Å²) in [7, 11) is -3.99. The Morgan fingerprint density at radius 1 is 1.03 bits per heavy atom. The van der Waals surface area contributed by atoms with E-state index in [1.165, 1.54) is 16.6 Å². The Kier molecular flexibility index (Phi) is 7.23. The van der Waals surface area contributed by atoms with E-state index in [1.807, 2.05) is 18.7 Å². The predicted molar refractivity (Wildman–Crippen MR) is 133 cm³/mol. The molecule has 0 radical (unpaired) electrons. The lowest BCUT2D eigenvalue weighted by molar-refractivity contribution is -0.122. The average molecular weight is 501 g/mol. The smallest absolute Gasteiger partial charge is 0.258 e. The van der Waals surface area contributed by atoms with Crippen LogP contribution in [0.2, 0.25) is 0 Å². The normalized spacial score (nSPS) is 15.8. The second-order valence-electron chi connectivity index (χ2n) is 8.69. The van der Waals surface area contributed by atoms with Crippen molar-refractivity contribution in [3.63, 3.8) is 0 Å². The van der Waals surface area contributed by atoms with Crippen LogP contribution in [0.25, 0.3) is 10.8 Å². The minimum Gasteiger partial charge on any atom is -0.367 e. The number of fused-ring (bicyclic) bond motifs is 1. The molecule has 1 fully saturated rings. The number of anilines is 1. The van der Waals surface area contributed by atoms with Gasteiger partial charge in [-0.3, -0.25) is 9.59 Å². The van der Waals surface area contributed by atoms with Gasteiger partial charge in [0, 0.05) is 49.2 Å². The van der Waals surface area contributed by atoms with Crippen LogP contribution in [-0.4, -0.2) is 55.4 Å². The maximum absolute atomic E-state index is 14.2. The van der Waals surface area contributed by atoms with E-state index in [4.69, 9.17) is 0 Å². The molecule has 0 spiro atoms. The lowest BCUT2D eigenvalue weighted by Gasteiger charge is -2.35. The van der Waals surface area contributed by atoms with Gasteiger partial charge in [0.25, 0.3) is 5.56 Å². The van der Waals surface area contributed by atoms with Gasteiger partial charge in [0.1, 0.15) is 17.3 Å². The first-order valence-electron chi connectivity index (χ1n) is 11.6. The van der Waals surface area contributed by atoms with Gasteiger partial charge in [-0.1, -0.05) is 37.3 Å². The number of piperazine rings is 1. The maximum Gasteiger partial charge on any atom is 0.258 e. The summed E-state index contributed by atoms with van der Waals surface area (Å²) < 4.78 is 44.1. The molecular weight excluding hydrogens is 471 g/mol. The zero-order valence-electron chi connectivity index (χ0n) is 19.8. The van der Waals surface area contributed by atoms with Gasteiger partial charge in [-0.05, 0) is 31.5 Å². The number of carbonyl (C=O) groups excluding carboxylic acids is 1. The summed E-state index contributed by atoms with van der Waals surface area (Å²) >= 11 is 0. The first kappa shape index (κ1) is 24.9. The highest BCUT2D eigenvalue weighted by molar-refractivity contribution is 7.89. The molecule has 0 aliphatic carbocycles. The summed E-state index contributed by atoms with van der Waals surface area (Å²) in [4.78, 5) is 27.3. The van der Waals surface area contributed by atoms with Crippen LogP contribution in [0.4, 0.5) is 10.1 Å². The van der Waals surface area contributed by atoms with Crippen LogP contribution < -0.4 is 15.8 Å². The number of rotatable bonds is 7. The summed E-state index contributed by atoms with van der Waals surface area (Å²) in [5.41, 5.74) is 0.0130. The van der Waals surface area contributed by atoms with Gasteiger partial charge in [0.2, 0.25) is 15.9 Å². The number of benzene rings is 2. The number of nitrogens with one attached hydrogen (secondary N) is 1. The van der Waals surface area contributed by atoms with Gasteiger partial charge in [-0.15, -0.1) is 0 Å². The summed E-state index contributed by atoms with van der Waals surface area (Å²) in [6.07, 6.45) is 2.00. The van der Waals surface area contributed by atoms with Crippen molar-refractivity contribution in [1.29, 1.82) is 0 Å². The zero-order chi connectivity index (χ0) is 25.2. The number of amides is 1. The summed E-state index contributed by atoms with van der Waals surface area (Å²) in [6.45, 7) is 4.50. The van der Waals surface area contributed by atoms with E-state index in [-0.39, 0.29) is 47.7 Å². The zero-order valence-corrected chi connectivity index (χ0v) is 20.6.